The van der Waals surface area contributed by atoms with Crippen LogP contribution in [-0.2, 0) is 0 Å². The number of hydrogen-bond donors (Lipinski definition) is 1. The van der Waals surface area contributed by atoms with Gasteiger partial charge in [-0.2, -0.15) is 4.39 Å². The van der Waals surface area contributed by atoms with Crippen LogP contribution in [0.25, 0.3) is 22.5 Å². The van der Waals surface area contributed by atoms with Crippen LogP contribution in [0.3, 0.4) is 0 Å². The maximum atomic E-state index is 14.9. The fourth-order valence-electron chi connectivity index (χ4n) is 3.01. The predicted octanol–water partition coefficient (Wildman–Crippen LogP) is 5.04. The van der Waals surface area contributed by atoms with E-state index in [1.54, 1.807) is 67.8 Å². The second kappa shape index (κ2) is 8.16. The van der Waals surface area contributed by atoms with Crippen LogP contribution in [-0.4, -0.2) is 20.9 Å². The minimum Gasteiger partial charge on any atom is -0.304 e. The van der Waals surface area contributed by atoms with E-state index in [0.717, 1.165) is 5.56 Å². The third-order valence-corrected chi connectivity index (χ3v) is 4.58. The van der Waals surface area contributed by atoms with Crippen molar-refractivity contribution < 1.29 is 13.6 Å². The second-order valence-corrected chi connectivity index (χ2v) is 6.57. The lowest BCUT2D eigenvalue weighted by atomic mass is 9.98. The predicted molar refractivity (Wildman–Crippen MR) is 110 cm³/mol. The standard InChI is InChI=1S/C23H16F2N4O/c1-14-8-9-16(21-26-10-5-11-27-21)12-17(14)18-13-28-22(20(25)19(18)24)29-23(30)15-6-3-2-4-7-15/h2-13H,1H3,(H,28,29,30). The molecule has 0 aliphatic rings. The zero-order chi connectivity index (χ0) is 21.1. The fourth-order valence-corrected chi connectivity index (χ4v) is 3.01. The highest BCUT2D eigenvalue weighted by Gasteiger charge is 2.20. The first-order valence-corrected chi connectivity index (χ1v) is 9.13. The number of anilines is 1. The number of amides is 1. The van der Waals surface area contributed by atoms with Crippen LogP contribution in [0.15, 0.2) is 73.2 Å². The molecule has 0 atom stereocenters. The topological polar surface area (TPSA) is 67.8 Å². The van der Waals surface area contributed by atoms with Crippen LogP contribution in [0.2, 0.25) is 0 Å². The first-order valence-electron chi connectivity index (χ1n) is 9.13. The molecule has 30 heavy (non-hydrogen) atoms. The Morgan fingerprint density at radius 2 is 1.60 bits per heavy atom. The molecule has 0 unspecified atom stereocenters. The van der Waals surface area contributed by atoms with E-state index in [1.807, 2.05) is 6.07 Å². The van der Waals surface area contributed by atoms with E-state index in [4.69, 9.17) is 0 Å². The molecule has 1 N–H and O–H groups in total. The van der Waals surface area contributed by atoms with Gasteiger partial charge in [-0.05, 0) is 42.3 Å². The normalized spacial score (nSPS) is 10.6. The summed E-state index contributed by atoms with van der Waals surface area (Å²) in [5.74, 6) is -2.89. The highest BCUT2D eigenvalue weighted by Crippen LogP contribution is 2.32. The summed E-state index contributed by atoms with van der Waals surface area (Å²) in [5.41, 5.74) is 2.16. The maximum absolute atomic E-state index is 14.9. The van der Waals surface area contributed by atoms with E-state index in [9.17, 15) is 13.6 Å². The molecule has 0 saturated heterocycles. The summed E-state index contributed by atoms with van der Waals surface area (Å²) in [5, 5.41) is 2.31. The van der Waals surface area contributed by atoms with Gasteiger partial charge in [-0.25, -0.2) is 19.3 Å². The molecule has 0 fully saturated rings. The Morgan fingerprint density at radius 3 is 2.33 bits per heavy atom. The van der Waals surface area contributed by atoms with E-state index in [1.165, 1.54) is 6.20 Å². The summed E-state index contributed by atoms with van der Waals surface area (Å²) < 4.78 is 29.6. The number of nitrogens with one attached hydrogen (secondary N) is 1. The van der Waals surface area contributed by atoms with Gasteiger partial charge in [0.15, 0.2) is 17.5 Å². The van der Waals surface area contributed by atoms with Gasteiger partial charge in [-0.1, -0.05) is 30.3 Å². The number of aromatic nitrogens is 3. The van der Waals surface area contributed by atoms with Crippen LogP contribution in [0.5, 0.6) is 0 Å². The van der Waals surface area contributed by atoms with Gasteiger partial charge in [0.05, 0.1) is 0 Å². The number of hydrogen-bond acceptors (Lipinski definition) is 4. The van der Waals surface area contributed by atoms with Gasteiger partial charge in [0.2, 0.25) is 5.82 Å². The van der Waals surface area contributed by atoms with Crippen molar-refractivity contribution in [2.45, 2.75) is 6.92 Å². The minimum atomic E-state index is -1.22. The van der Waals surface area contributed by atoms with E-state index in [2.05, 4.69) is 20.3 Å². The summed E-state index contributed by atoms with van der Waals surface area (Å²) >= 11 is 0. The highest BCUT2D eigenvalue weighted by atomic mass is 19.2. The quantitative estimate of drug-likeness (QED) is 0.519. The Hall–Kier alpha value is -4.00. The maximum Gasteiger partial charge on any atom is 0.256 e. The number of benzene rings is 2. The van der Waals surface area contributed by atoms with Gasteiger partial charge in [0, 0.05) is 35.3 Å². The molecule has 0 saturated carbocycles. The highest BCUT2D eigenvalue weighted by molar-refractivity contribution is 6.03. The van der Waals surface area contributed by atoms with Gasteiger partial charge in [0.1, 0.15) is 0 Å². The molecule has 0 radical (unpaired) electrons. The van der Waals surface area contributed by atoms with Crippen LogP contribution in [0.4, 0.5) is 14.6 Å². The Labute approximate surface area is 171 Å². The Kier molecular flexibility index (Phi) is 5.26. The van der Waals surface area contributed by atoms with Crippen molar-refractivity contribution in [3.8, 4) is 22.5 Å². The average Bonchev–Trinajstić information content (AvgIpc) is 2.79. The third-order valence-electron chi connectivity index (χ3n) is 4.58. The van der Waals surface area contributed by atoms with Crippen molar-refractivity contribution in [2.24, 2.45) is 0 Å². The average molecular weight is 402 g/mol. The van der Waals surface area contributed by atoms with Crippen molar-refractivity contribution >= 4 is 11.7 Å². The molecule has 0 aliphatic carbocycles. The molecule has 0 spiro atoms. The van der Waals surface area contributed by atoms with Crippen LogP contribution in [0.1, 0.15) is 15.9 Å². The number of rotatable bonds is 4. The van der Waals surface area contributed by atoms with Crippen molar-refractivity contribution in [3.63, 3.8) is 0 Å². The van der Waals surface area contributed by atoms with Gasteiger partial charge in [-0.3, -0.25) is 4.79 Å². The molecular weight excluding hydrogens is 386 g/mol. The van der Waals surface area contributed by atoms with Gasteiger partial charge >= 0.3 is 0 Å². The molecule has 7 heteroatoms. The number of pyridine rings is 1. The molecule has 0 aliphatic heterocycles. The van der Waals surface area contributed by atoms with E-state index < -0.39 is 23.4 Å². The molecular formula is C23H16F2N4O. The molecule has 2 aromatic heterocycles. The summed E-state index contributed by atoms with van der Waals surface area (Å²) in [6.07, 6.45) is 4.42. The van der Waals surface area contributed by atoms with Crippen molar-refractivity contribution in [3.05, 3.63) is 95.9 Å². The number of carbonyl (C=O) groups excluding carboxylic acids is 1. The number of aryl methyl sites for hydroxylation is 1. The van der Waals surface area contributed by atoms with Crippen molar-refractivity contribution in [1.29, 1.82) is 0 Å². The zero-order valence-corrected chi connectivity index (χ0v) is 15.9. The molecule has 4 aromatic rings. The second-order valence-electron chi connectivity index (χ2n) is 6.57. The summed E-state index contributed by atoms with van der Waals surface area (Å²) in [6, 6.07) is 15.2. The van der Waals surface area contributed by atoms with E-state index in [-0.39, 0.29) is 5.56 Å². The Bertz CT molecular complexity index is 1210. The molecule has 2 heterocycles. The fraction of sp³-hybridized carbons (Fsp3) is 0.0435. The Balaban J connectivity index is 1.70. The molecule has 4 rings (SSSR count). The van der Waals surface area contributed by atoms with Crippen LogP contribution >= 0.6 is 0 Å². The largest absolute Gasteiger partial charge is 0.304 e. The molecule has 0 bridgehead atoms. The first kappa shape index (κ1) is 19.3. The van der Waals surface area contributed by atoms with Crippen LogP contribution in [0, 0.1) is 18.6 Å². The lowest BCUT2D eigenvalue weighted by molar-refractivity contribution is 0.102. The summed E-state index contributed by atoms with van der Waals surface area (Å²) in [7, 11) is 0. The monoisotopic (exact) mass is 402 g/mol. The van der Waals surface area contributed by atoms with Gasteiger partial charge < -0.3 is 5.32 Å². The van der Waals surface area contributed by atoms with Crippen molar-refractivity contribution in [2.75, 3.05) is 5.32 Å². The SMILES string of the molecule is Cc1ccc(-c2ncccn2)cc1-c1cnc(NC(=O)c2ccccc2)c(F)c1F. The number of halogens is 2. The zero-order valence-electron chi connectivity index (χ0n) is 15.9. The lowest BCUT2D eigenvalue weighted by Gasteiger charge is -2.12. The Morgan fingerprint density at radius 1 is 0.867 bits per heavy atom. The van der Waals surface area contributed by atoms with Gasteiger partial charge in [-0.15, -0.1) is 0 Å². The smallest absolute Gasteiger partial charge is 0.256 e. The van der Waals surface area contributed by atoms with Crippen LogP contribution < -0.4 is 5.32 Å². The van der Waals surface area contributed by atoms with Crippen molar-refractivity contribution in [1.82, 2.24) is 15.0 Å². The third kappa shape index (κ3) is 3.77. The number of carbonyl (C=O) groups is 1. The van der Waals surface area contributed by atoms with E-state index >= 15 is 0 Å². The van der Waals surface area contributed by atoms with E-state index in [0.29, 0.717) is 22.5 Å². The molecule has 1 amide bonds. The molecule has 2 aromatic carbocycles. The first-order chi connectivity index (χ1) is 14.5. The molecule has 5 nitrogen and oxygen atoms in total. The summed E-state index contributed by atoms with van der Waals surface area (Å²) in [6.45, 7) is 1.79. The van der Waals surface area contributed by atoms with Gasteiger partial charge in [0.25, 0.3) is 5.91 Å². The lowest BCUT2D eigenvalue weighted by Crippen LogP contribution is -2.15. The summed E-state index contributed by atoms with van der Waals surface area (Å²) in [4.78, 5) is 24.6. The minimum absolute atomic E-state index is 0.0134. The molecule has 148 valence electrons. The number of nitrogens with zero attached hydrogens (tertiary/aromatic N) is 3.